The fourth-order valence-electron chi connectivity index (χ4n) is 4.77. The van der Waals surface area contributed by atoms with Crippen LogP contribution in [0.15, 0.2) is 35.9 Å². The second kappa shape index (κ2) is 9.23. The lowest BCUT2D eigenvalue weighted by molar-refractivity contribution is -0.127. The normalized spacial score (nSPS) is 25.6. The van der Waals surface area contributed by atoms with Crippen LogP contribution < -0.4 is 5.32 Å². The van der Waals surface area contributed by atoms with E-state index in [0.29, 0.717) is 18.0 Å². The molecule has 0 bridgehead atoms. The van der Waals surface area contributed by atoms with Crippen LogP contribution in [0, 0.1) is 5.92 Å². The van der Waals surface area contributed by atoms with E-state index in [-0.39, 0.29) is 5.92 Å². The van der Waals surface area contributed by atoms with Gasteiger partial charge >= 0.3 is 0 Å². The number of rotatable bonds is 6. The van der Waals surface area contributed by atoms with Crippen molar-refractivity contribution in [2.24, 2.45) is 5.92 Å². The third-order valence-electron chi connectivity index (χ3n) is 6.51. The molecule has 3 aliphatic rings. The monoisotopic (exact) mass is 381 g/mol. The van der Waals surface area contributed by atoms with Crippen molar-refractivity contribution in [3.05, 3.63) is 41.5 Å². The average Bonchev–Trinajstić information content (AvgIpc) is 3.53. The van der Waals surface area contributed by atoms with Gasteiger partial charge in [0.25, 0.3) is 0 Å². The second-order valence-electron chi connectivity index (χ2n) is 9.03. The summed E-state index contributed by atoms with van der Waals surface area (Å²) in [4.78, 5) is 17.7. The molecule has 0 spiro atoms. The van der Waals surface area contributed by atoms with E-state index < -0.39 is 0 Å². The summed E-state index contributed by atoms with van der Waals surface area (Å²) in [5.41, 5.74) is 2.72. The van der Waals surface area contributed by atoms with E-state index in [4.69, 9.17) is 0 Å². The molecule has 3 fully saturated rings. The standard InChI is InChI=1S/C24H35N3O/c1-19(16-20-6-3-2-4-7-20)17-26-14-11-23(12-15-26)27-13-5-8-21(18-27)24(28)25-22-9-10-22/h2-4,6-7,16,21-23H,5,8-15,17-18H2,1H3,(H,25,28)/b19-16+/t21-/m0/s1. The van der Waals surface area contributed by atoms with Crippen molar-refractivity contribution in [1.29, 1.82) is 0 Å². The number of carbonyl (C=O) groups excluding carboxylic acids is 1. The van der Waals surface area contributed by atoms with Gasteiger partial charge in [-0.05, 0) is 70.6 Å². The highest BCUT2D eigenvalue weighted by Crippen LogP contribution is 2.26. The highest BCUT2D eigenvalue weighted by Gasteiger charge is 2.33. The largest absolute Gasteiger partial charge is 0.353 e. The predicted molar refractivity (Wildman–Crippen MR) is 115 cm³/mol. The van der Waals surface area contributed by atoms with Gasteiger partial charge < -0.3 is 5.32 Å². The number of benzene rings is 1. The van der Waals surface area contributed by atoms with Gasteiger partial charge in [0.05, 0.1) is 5.92 Å². The Balaban J connectivity index is 1.23. The number of nitrogens with one attached hydrogen (secondary N) is 1. The third kappa shape index (κ3) is 5.45. The van der Waals surface area contributed by atoms with Crippen LogP contribution in [0.1, 0.15) is 51.0 Å². The molecule has 2 aliphatic heterocycles. The summed E-state index contributed by atoms with van der Waals surface area (Å²) < 4.78 is 0. The number of hydrogen-bond donors (Lipinski definition) is 1. The Morgan fingerprint density at radius 2 is 1.82 bits per heavy atom. The molecule has 2 heterocycles. The highest BCUT2D eigenvalue weighted by molar-refractivity contribution is 5.79. The summed E-state index contributed by atoms with van der Waals surface area (Å²) in [5, 5.41) is 3.22. The van der Waals surface area contributed by atoms with Gasteiger partial charge in [-0.1, -0.05) is 42.0 Å². The molecule has 4 nitrogen and oxygen atoms in total. The van der Waals surface area contributed by atoms with Crippen molar-refractivity contribution in [2.45, 2.75) is 57.5 Å². The van der Waals surface area contributed by atoms with Gasteiger partial charge in [0.1, 0.15) is 0 Å². The Morgan fingerprint density at radius 1 is 1.07 bits per heavy atom. The molecule has 4 rings (SSSR count). The average molecular weight is 382 g/mol. The van der Waals surface area contributed by atoms with Crippen molar-refractivity contribution in [3.8, 4) is 0 Å². The Morgan fingerprint density at radius 3 is 2.54 bits per heavy atom. The van der Waals surface area contributed by atoms with Crippen molar-refractivity contribution in [1.82, 2.24) is 15.1 Å². The zero-order valence-corrected chi connectivity index (χ0v) is 17.3. The summed E-state index contributed by atoms with van der Waals surface area (Å²) in [6, 6.07) is 11.7. The Hall–Kier alpha value is -1.65. The van der Waals surface area contributed by atoms with Crippen molar-refractivity contribution in [3.63, 3.8) is 0 Å². The van der Waals surface area contributed by atoms with E-state index in [1.165, 1.54) is 62.9 Å². The maximum Gasteiger partial charge on any atom is 0.224 e. The topological polar surface area (TPSA) is 35.6 Å². The zero-order valence-electron chi connectivity index (χ0n) is 17.3. The number of amides is 1. The number of carbonyl (C=O) groups is 1. The first-order valence-electron chi connectivity index (χ1n) is 11.2. The minimum Gasteiger partial charge on any atom is -0.353 e. The molecule has 1 atom stereocenters. The maximum atomic E-state index is 12.4. The quantitative estimate of drug-likeness (QED) is 0.819. The molecule has 4 heteroatoms. The van der Waals surface area contributed by atoms with Gasteiger partial charge in [-0.15, -0.1) is 0 Å². The van der Waals surface area contributed by atoms with E-state index in [9.17, 15) is 4.79 Å². The van der Waals surface area contributed by atoms with Crippen molar-refractivity contribution >= 4 is 12.0 Å². The van der Waals surface area contributed by atoms with Gasteiger partial charge in [0.15, 0.2) is 0 Å². The lowest BCUT2D eigenvalue weighted by atomic mass is 9.93. The van der Waals surface area contributed by atoms with E-state index in [2.05, 4.69) is 58.4 Å². The summed E-state index contributed by atoms with van der Waals surface area (Å²) in [5.74, 6) is 0.523. The van der Waals surface area contributed by atoms with Crippen LogP contribution in [-0.4, -0.2) is 60.5 Å². The van der Waals surface area contributed by atoms with Gasteiger partial charge in [-0.3, -0.25) is 14.6 Å². The fraction of sp³-hybridized carbons (Fsp3) is 0.625. The van der Waals surface area contributed by atoms with Crippen LogP contribution in [-0.2, 0) is 4.79 Å². The molecular formula is C24H35N3O. The SMILES string of the molecule is C/C(=C\c1ccccc1)CN1CCC(N2CCC[C@H](C(=O)NC3CC3)C2)CC1. The molecule has 1 amide bonds. The molecule has 0 aromatic heterocycles. The van der Waals surface area contributed by atoms with Gasteiger partial charge in [0.2, 0.25) is 5.91 Å². The molecule has 2 saturated heterocycles. The lowest BCUT2D eigenvalue weighted by Crippen LogP contribution is -2.51. The third-order valence-corrected chi connectivity index (χ3v) is 6.51. The number of piperidine rings is 2. The lowest BCUT2D eigenvalue weighted by Gasteiger charge is -2.42. The predicted octanol–water partition coefficient (Wildman–Crippen LogP) is 3.54. The number of hydrogen-bond acceptors (Lipinski definition) is 3. The summed E-state index contributed by atoms with van der Waals surface area (Å²) >= 11 is 0. The number of nitrogens with zero attached hydrogens (tertiary/aromatic N) is 2. The minimum absolute atomic E-state index is 0.212. The molecule has 152 valence electrons. The van der Waals surface area contributed by atoms with Gasteiger partial charge in [-0.25, -0.2) is 0 Å². The van der Waals surface area contributed by atoms with Crippen LogP contribution in [0.2, 0.25) is 0 Å². The van der Waals surface area contributed by atoms with Crippen LogP contribution in [0.3, 0.4) is 0 Å². The van der Waals surface area contributed by atoms with Crippen LogP contribution in [0.4, 0.5) is 0 Å². The molecule has 0 unspecified atom stereocenters. The Kier molecular flexibility index (Phi) is 6.48. The van der Waals surface area contributed by atoms with Crippen LogP contribution in [0.5, 0.6) is 0 Å². The second-order valence-corrected chi connectivity index (χ2v) is 9.03. The van der Waals surface area contributed by atoms with Crippen LogP contribution >= 0.6 is 0 Å². The van der Waals surface area contributed by atoms with Crippen molar-refractivity contribution in [2.75, 3.05) is 32.7 Å². The van der Waals surface area contributed by atoms with E-state index in [1.807, 2.05) is 0 Å². The molecular weight excluding hydrogens is 346 g/mol. The summed E-state index contributed by atoms with van der Waals surface area (Å²) in [7, 11) is 0. The molecule has 1 N–H and O–H groups in total. The molecule has 1 aliphatic carbocycles. The maximum absolute atomic E-state index is 12.4. The van der Waals surface area contributed by atoms with E-state index in [1.54, 1.807) is 0 Å². The smallest absolute Gasteiger partial charge is 0.224 e. The Labute approximate surface area is 170 Å². The van der Waals surface area contributed by atoms with Crippen LogP contribution in [0.25, 0.3) is 6.08 Å². The highest BCUT2D eigenvalue weighted by atomic mass is 16.2. The van der Waals surface area contributed by atoms with Gasteiger partial charge in [-0.2, -0.15) is 0 Å². The molecule has 28 heavy (non-hydrogen) atoms. The molecule has 1 saturated carbocycles. The number of likely N-dealkylation sites (tertiary alicyclic amines) is 2. The van der Waals surface area contributed by atoms with E-state index >= 15 is 0 Å². The van der Waals surface area contributed by atoms with E-state index in [0.717, 1.165) is 19.5 Å². The first-order valence-corrected chi connectivity index (χ1v) is 11.2. The molecule has 1 aromatic rings. The summed E-state index contributed by atoms with van der Waals surface area (Å²) in [6.07, 6.45) is 9.36. The Bertz CT molecular complexity index is 674. The zero-order chi connectivity index (χ0) is 19.3. The fourth-order valence-corrected chi connectivity index (χ4v) is 4.77. The van der Waals surface area contributed by atoms with Gasteiger partial charge in [0, 0.05) is 25.2 Å². The first kappa shape index (κ1) is 19.7. The molecule has 1 aromatic carbocycles. The van der Waals surface area contributed by atoms with Crippen molar-refractivity contribution < 1.29 is 4.79 Å². The summed E-state index contributed by atoms with van der Waals surface area (Å²) in [6.45, 7) is 7.78. The minimum atomic E-state index is 0.212. The molecule has 0 radical (unpaired) electrons. The first-order chi connectivity index (χ1) is 13.7.